The number of benzene rings is 1. The summed E-state index contributed by atoms with van der Waals surface area (Å²) in [7, 11) is 0. The van der Waals surface area contributed by atoms with Gasteiger partial charge in [0.05, 0.1) is 0 Å². The Hall–Kier alpha value is -2.12. The van der Waals surface area contributed by atoms with Gasteiger partial charge < -0.3 is 5.73 Å². The zero-order chi connectivity index (χ0) is 14.3. The van der Waals surface area contributed by atoms with E-state index in [-0.39, 0.29) is 12.1 Å². The van der Waals surface area contributed by atoms with E-state index in [1.807, 2.05) is 32.0 Å². The summed E-state index contributed by atoms with van der Waals surface area (Å²) in [6.07, 6.45) is 0. The van der Waals surface area contributed by atoms with Crippen LogP contribution >= 0.6 is 11.3 Å². The number of aryl methyl sites for hydroxylation is 2. The van der Waals surface area contributed by atoms with Crippen molar-refractivity contribution in [1.29, 1.82) is 0 Å². The van der Waals surface area contributed by atoms with E-state index in [1.54, 1.807) is 0 Å². The molecule has 0 bridgehead atoms. The highest BCUT2D eigenvalue weighted by Crippen LogP contribution is 2.18. The molecule has 2 N–H and O–H groups in total. The number of rotatable bonds is 2. The minimum absolute atomic E-state index is 0.269. The first kappa shape index (κ1) is 12.9. The number of nitrogens with zero attached hydrogens (tertiary/aromatic N) is 4. The fourth-order valence-corrected chi connectivity index (χ4v) is 2.62. The van der Waals surface area contributed by atoms with E-state index >= 15 is 0 Å². The standard InChI is InChI=1S/C13H13N5OS/c1-7-3-4-9(5-8(7)2)11-12(19)18-13(16-15-11)20-10(6-14)17-18/h3-5H,6,14H2,1-2H3. The third-order valence-corrected chi connectivity index (χ3v) is 4.11. The molecule has 0 spiro atoms. The monoisotopic (exact) mass is 287 g/mol. The van der Waals surface area contributed by atoms with E-state index in [1.165, 1.54) is 21.4 Å². The normalized spacial score (nSPS) is 11.2. The first-order valence-corrected chi connectivity index (χ1v) is 6.95. The molecule has 0 radical (unpaired) electrons. The molecule has 20 heavy (non-hydrogen) atoms. The van der Waals surface area contributed by atoms with Gasteiger partial charge in [0.2, 0.25) is 4.96 Å². The van der Waals surface area contributed by atoms with Crippen LogP contribution < -0.4 is 11.3 Å². The maximum Gasteiger partial charge on any atom is 0.302 e. The van der Waals surface area contributed by atoms with Crippen LogP contribution in [-0.4, -0.2) is 19.8 Å². The van der Waals surface area contributed by atoms with Gasteiger partial charge in [-0.3, -0.25) is 4.79 Å². The minimum Gasteiger partial charge on any atom is -0.324 e. The fraction of sp³-hybridized carbons (Fsp3) is 0.231. The van der Waals surface area contributed by atoms with E-state index in [9.17, 15) is 4.79 Å². The van der Waals surface area contributed by atoms with Crippen LogP contribution in [0, 0.1) is 13.8 Å². The van der Waals surface area contributed by atoms with Gasteiger partial charge in [-0.05, 0) is 31.0 Å². The summed E-state index contributed by atoms with van der Waals surface area (Å²) in [6.45, 7) is 4.30. The van der Waals surface area contributed by atoms with Crippen molar-refractivity contribution in [3.05, 3.63) is 44.7 Å². The predicted molar refractivity (Wildman–Crippen MR) is 77.7 cm³/mol. The Bertz CT molecular complexity index is 852. The molecule has 7 heteroatoms. The molecule has 3 aromatic rings. The second-order valence-electron chi connectivity index (χ2n) is 4.55. The summed E-state index contributed by atoms with van der Waals surface area (Å²) in [4.78, 5) is 12.9. The number of fused-ring (bicyclic) bond motifs is 1. The lowest BCUT2D eigenvalue weighted by Gasteiger charge is -2.03. The molecule has 0 saturated carbocycles. The first-order valence-electron chi connectivity index (χ1n) is 6.13. The molecule has 0 saturated heterocycles. The maximum absolute atomic E-state index is 12.4. The highest BCUT2D eigenvalue weighted by atomic mass is 32.1. The third kappa shape index (κ3) is 2.00. The highest BCUT2D eigenvalue weighted by molar-refractivity contribution is 7.16. The molecule has 0 aliphatic heterocycles. The molecule has 3 rings (SSSR count). The van der Waals surface area contributed by atoms with Gasteiger partial charge in [-0.15, -0.1) is 10.2 Å². The molecular formula is C13H13N5OS. The van der Waals surface area contributed by atoms with Gasteiger partial charge >= 0.3 is 5.56 Å². The van der Waals surface area contributed by atoms with Crippen LogP contribution in [-0.2, 0) is 6.54 Å². The zero-order valence-electron chi connectivity index (χ0n) is 11.1. The van der Waals surface area contributed by atoms with Crippen LogP contribution in [0.3, 0.4) is 0 Å². The van der Waals surface area contributed by atoms with E-state index in [4.69, 9.17) is 5.73 Å². The quantitative estimate of drug-likeness (QED) is 0.767. The Morgan fingerprint density at radius 2 is 2.05 bits per heavy atom. The van der Waals surface area contributed by atoms with Gasteiger partial charge in [0, 0.05) is 12.1 Å². The van der Waals surface area contributed by atoms with Crippen LogP contribution in [0.2, 0.25) is 0 Å². The molecule has 0 aliphatic rings. The first-order chi connectivity index (χ1) is 9.60. The van der Waals surface area contributed by atoms with Gasteiger partial charge in [-0.25, -0.2) is 0 Å². The molecule has 1 aromatic carbocycles. The molecule has 0 amide bonds. The van der Waals surface area contributed by atoms with Crippen molar-refractivity contribution in [2.45, 2.75) is 20.4 Å². The van der Waals surface area contributed by atoms with Crippen molar-refractivity contribution in [1.82, 2.24) is 19.8 Å². The van der Waals surface area contributed by atoms with Gasteiger partial charge in [0.25, 0.3) is 0 Å². The number of nitrogens with two attached hydrogens (primary N) is 1. The average Bonchev–Trinajstić information content (AvgIpc) is 2.87. The fourth-order valence-electron chi connectivity index (χ4n) is 1.91. The minimum atomic E-state index is -0.269. The van der Waals surface area contributed by atoms with Crippen molar-refractivity contribution in [2.24, 2.45) is 5.73 Å². The van der Waals surface area contributed by atoms with Crippen LogP contribution in [0.4, 0.5) is 0 Å². The van der Waals surface area contributed by atoms with E-state index in [2.05, 4.69) is 15.3 Å². The van der Waals surface area contributed by atoms with Crippen molar-refractivity contribution in [3.8, 4) is 11.3 Å². The summed E-state index contributed by atoms with van der Waals surface area (Å²) < 4.78 is 1.27. The lowest BCUT2D eigenvalue weighted by Crippen LogP contribution is -2.19. The molecule has 0 aliphatic carbocycles. The summed E-state index contributed by atoms with van der Waals surface area (Å²) >= 11 is 1.27. The number of aromatic nitrogens is 4. The van der Waals surface area contributed by atoms with E-state index in [0.717, 1.165) is 11.1 Å². The molecule has 0 fully saturated rings. The largest absolute Gasteiger partial charge is 0.324 e. The highest BCUT2D eigenvalue weighted by Gasteiger charge is 2.13. The Labute approximate surface area is 118 Å². The second kappa shape index (κ2) is 4.77. The molecule has 0 atom stereocenters. The van der Waals surface area contributed by atoms with Crippen molar-refractivity contribution < 1.29 is 0 Å². The summed E-state index contributed by atoms with van der Waals surface area (Å²) in [5, 5.41) is 12.9. The molecule has 2 heterocycles. The van der Waals surface area contributed by atoms with Crippen LogP contribution in [0.15, 0.2) is 23.0 Å². The zero-order valence-corrected chi connectivity index (χ0v) is 11.9. The van der Waals surface area contributed by atoms with Crippen LogP contribution in [0.5, 0.6) is 0 Å². The maximum atomic E-state index is 12.4. The van der Waals surface area contributed by atoms with Gasteiger partial charge in [0.1, 0.15) is 5.01 Å². The third-order valence-electron chi connectivity index (χ3n) is 3.19. The van der Waals surface area contributed by atoms with Gasteiger partial charge in [0.15, 0.2) is 5.69 Å². The number of hydrogen-bond donors (Lipinski definition) is 1. The molecule has 0 unspecified atom stereocenters. The van der Waals surface area contributed by atoms with Gasteiger partial charge in [-0.1, -0.05) is 23.5 Å². The van der Waals surface area contributed by atoms with Crippen LogP contribution in [0.1, 0.15) is 16.1 Å². The SMILES string of the molecule is Cc1ccc(-c2nnc3sc(CN)nn3c2=O)cc1C. The topological polar surface area (TPSA) is 86.2 Å². The molecule has 2 aromatic heterocycles. The Kier molecular flexibility index (Phi) is 3.07. The van der Waals surface area contributed by atoms with E-state index in [0.29, 0.717) is 15.7 Å². The lowest BCUT2D eigenvalue weighted by atomic mass is 10.0. The van der Waals surface area contributed by atoms with E-state index < -0.39 is 0 Å². The van der Waals surface area contributed by atoms with Crippen LogP contribution in [0.25, 0.3) is 16.2 Å². The Morgan fingerprint density at radius 1 is 1.25 bits per heavy atom. The summed E-state index contributed by atoms with van der Waals surface area (Å²) in [6, 6.07) is 5.77. The summed E-state index contributed by atoms with van der Waals surface area (Å²) in [5.74, 6) is 0. The Morgan fingerprint density at radius 3 is 2.75 bits per heavy atom. The average molecular weight is 287 g/mol. The van der Waals surface area contributed by atoms with Crippen molar-refractivity contribution >= 4 is 16.3 Å². The number of hydrogen-bond acceptors (Lipinski definition) is 6. The van der Waals surface area contributed by atoms with Crippen molar-refractivity contribution in [3.63, 3.8) is 0 Å². The molecular weight excluding hydrogens is 274 g/mol. The Balaban J connectivity index is 2.23. The smallest absolute Gasteiger partial charge is 0.302 e. The predicted octanol–water partition coefficient (Wildman–Crippen LogP) is 1.29. The second-order valence-corrected chi connectivity index (χ2v) is 5.59. The van der Waals surface area contributed by atoms with Gasteiger partial charge in [-0.2, -0.15) is 9.61 Å². The molecule has 102 valence electrons. The molecule has 6 nitrogen and oxygen atoms in total. The summed E-state index contributed by atoms with van der Waals surface area (Å²) in [5.41, 5.74) is 8.60. The van der Waals surface area contributed by atoms with Crippen molar-refractivity contribution in [2.75, 3.05) is 0 Å². The lowest BCUT2D eigenvalue weighted by molar-refractivity contribution is 0.826.